The predicted octanol–water partition coefficient (Wildman–Crippen LogP) is 2.96. The summed E-state index contributed by atoms with van der Waals surface area (Å²) >= 11 is 5.36. The molecule has 0 unspecified atom stereocenters. The lowest BCUT2D eigenvalue weighted by Crippen LogP contribution is -2.45. The highest BCUT2D eigenvalue weighted by molar-refractivity contribution is 7.80. The normalized spacial score (nSPS) is 14.4. The van der Waals surface area contributed by atoms with Gasteiger partial charge in [0.2, 0.25) is 0 Å². The van der Waals surface area contributed by atoms with E-state index in [1.54, 1.807) is 24.3 Å². The van der Waals surface area contributed by atoms with Crippen LogP contribution in [0.1, 0.15) is 17.3 Å². The molecule has 1 aliphatic heterocycles. The summed E-state index contributed by atoms with van der Waals surface area (Å²) in [6.07, 6.45) is 0. The third kappa shape index (κ3) is 5.21. The van der Waals surface area contributed by atoms with Crippen LogP contribution in [0, 0.1) is 0 Å². The number of nitrogens with zero attached hydrogens (tertiary/aromatic N) is 2. The maximum absolute atomic E-state index is 12.4. The lowest BCUT2D eigenvalue weighted by atomic mass is 10.2. The highest BCUT2D eigenvalue weighted by atomic mass is 32.1. The molecule has 1 aliphatic rings. The molecule has 2 N–H and O–H groups in total. The summed E-state index contributed by atoms with van der Waals surface area (Å²) in [4.78, 5) is 17.1. The zero-order valence-electron chi connectivity index (χ0n) is 16.3. The van der Waals surface area contributed by atoms with Gasteiger partial charge in [-0.05, 0) is 62.6 Å². The summed E-state index contributed by atoms with van der Waals surface area (Å²) in [5, 5.41) is 6.20. The molecule has 0 bridgehead atoms. The first-order valence-electron chi connectivity index (χ1n) is 9.44. The summed E-state index contributed by atoms with van der Waals surface area (Å²) < 4.78 is 5.40. The molecule has 0 aromatic heterocycles. The van der Waals surface area contributed by atoms with Gasteiger partial charge in [0.15, 0.2) is 5.11 Å². The smallest absolute Gasteiger partial charge is 0.257 e. The maximum atomic E-state index is 12.4. The van der Waals surface area contributed by atoms with E-state index < -0.39 is 0 Å². The predicted molar refractivity (Wildman–Crippen MR) is 117 cm³/mol. The van der Waals surface area contributed by atoms with Crippen molar-refractivity contribution in [2.75, 3.05) is 50.1 Å². The van der Waals surface area contributed by atoms with Crippen LogP contribution < -0.4 is 20.3 Å². The Hall–Kier alpha value is -2.64. The second-order valence-corrected chi connectivity index (χ2v) is 7.08. The third-order valence-corrected chi connectivity index (χ3v) is 4.85. The topological polar surface area (TPSA) is 56.8 Å². The Morgan fingerprint density at radius 1 is 1.07 bits per heavy atom. The number of nitrogens with one attached hydrogen (secondary N) is 2. The van der Waals surface area contributed by atoms with E-state index in [0.29, 0.717) is 12.2 Å². The number of likely N-dealkylation sites (N-methyl/N-ethyl adjacent to an activating group) is 1. The monoisotopic (exact) mass is 398 g/mol. The first-order valence-corrected chi connectivity index (χ1v) is 9.85. The van der Waals surface area contributed by atoms with Gasteiger partial charge in [-0.1, -0.05) is 12.1 Å². The van der Waals surface area contributed by atoms with Crippen molar-refractivity contribution in [1.29, 1.82) is 0 Å². The molecule has 148 valence electrons. The highest BCUT2D eigenvalue weighted by Crippen LogP contribution is 2.26. The Morgan fingerprint density at radius 3 is 2.43 bits per heavy atom. The highest BCUT2D eigenvalue weighted by Gasteiger charge is 2.17. The van der Waals surface area contributed by atoms with Crippen molar-refractivity contribution in [3.05, 3.63) is 54.1 Å². The molecule has 1 fully saturated rings. The first kappa shape index (κ1) is 20.1. The second-order valence-electron chi connectivity index (χ2n) is 6.67. The van der Waals surface area contributed by atoms with Gasteiger partial charge in [-0.2, -0.15) is 0 Å². The lowest BCUT2D eigenvalue weighted by Gasteiger charge is -2.35. The van der Waals surface area contributed by atoms with Crippen LogP contribution in [0.25, 0.3) is 0 Å². The molecular weight excluding hydrogens is 372 g/mol. The van der Waals surface area contributed by atoms with E-state index in [1.807, 2.05) is 25.1 Å². The van der Waals surface area contributed by atoms with Gasteiger partial charge in [-0.25, -0.2) is 0 Å². The molecule has 0 saturated carbocycles. The molecule has 3 rings (SSSR count). The van der Waals surface area contributed by atoms with E-state index >= 15 is 0 Å². The van der Waals surface area contributed by atoms with Gasteiger partial charge >= 0.3 is 0 Å². The summed E-state index contributed by atoms with van der Waals surface area (Å²) in [5.74, 6) is 0.485. The number of thiocarbonyl (C=S) groups is 1. The standard InChI is InChI=1S/C21H26N4O2S/c1-3-27-17-10-8-16(9-11-17)20(26)23-21(28)22-18-6-4-5-7-19(18)25-14-12-24(2)13-15-25/h4-11H,3,12-15H2,1-2H3,(H2,22,23,26,28). The van der Waals surface area contributed by atoms with Crippen LogP contribution in [0.5, 0.6) is 5.75 Å². The summed E-state index contributed by atoms with van der Waals surface area (Å²) in [7, 11) is 2.13. The second kappa shape index (κ2) is 9.52. The zero-order valence-corrected chi connectivity index (χ0v) is 17.1. The fourth-order valence-corrected chi connectivity index (χ4v) is 3.30. The van der Waals surface area contributed by atoms with Gasteiger partial charge in [-0.15, -0.1) is 0 Å². The van der Waals surface area contributed by atoms with Crippen LogP contribution in [0.4, 0.5) is 11.4 Å². The van der Waals surface area contributed by atoms with E-state index in [-0.39, 0.29) is 11.0 Å². The van der Waals surface area contributed by atoms with Crippen molar-refractivity contribution in [3.63, 3.8) is 0 Å². The Balaban J connectivity index is 1.62. The van der Waals surface area contributed by atoms with Crippen LogP contribution in [-0.2, 0) is 0 Å². The van der Waals surface area contributed by atoms with Gasteiger partial charge in [0.25, 0.3) is 5.91 Å². The SMILES string of the molecule is CCOc1ccc(C(=O)NC(=S)Nc2ccccc2N2CCN(C)CC2)cc1. The minimum Gasteiger partial charge on any atom is -0.494 e. The van der Waals surface area contributed by atoms with E-state index in [4.69, 9.17) is 17.0 Å². The van der Waals surface area contributed by atoms with Crippen molar-refractivity contribution >= 4 is 34.6 Å². The zero-order chi connectivity index (χ0) is 19.9. The quantitative estimate of drug-likeness (QED) is 0.756. The molecule has 1 heterocycles. The third-order valence-electron chi connectivity index (χ3n) is 4.65. The largest absolute Gasteiger partial charge is 0.494 e. The van der Waals surface area contributed by atoms with Crippen LogP contribution in [0.15, 0.2) is 48.5 Å². The average molecular weight is 399 g/mol. The number of benzene rings is 2. The van der Waals surface area contributed by atoms with Gasteiger partial charge < -0.3 is 19.9 Å². The molecule has 0 spiro atoms. The summed E-state index contributed by atoms with van der Waals surface area (Å²) in [6, 6.07) is 15.0. The van der Waals surface area contributed by atoms with Gasteiger partial charge in [-0.3, -0.25) is 10.1 Å². The number of hydrogen-bond donors (Lipinski definition) is 2. The molecule has 1 amide bonds. The number of hydrogen-bond acceptors (Lipinski definition) is 5. The number of rotatable bonds is 5. The summed E-state index contributed by atoms with van der Waals surface area (Å²) in [6.45, 7) is 6.47. The number of piperazine rings is 1. The number of para-hydroxylation sites is 2. The van der Waals surface area contributed by atoms with E-state index in [2.05, 4.69) is 33.5 Å². The van der Waals surface area contributed by atoms with E-state index in [0.717, 1.165) is 43.3 Å². The van der Waals surface area contributed by atoms with Crippen molar-refractivity contribution in [2.45, 2.75) is 6.92 Å². The fraction of sp³-hybridized carbons (Fsp3) is 0.333. The Morgan fingerprint density at radius 2 is 1.75 bits per heavy atom. The molecule has 2 aromatic rings. The Kier molecular flexibility index (Phi) is 6.84. The lowest BCUT2D eigenvalue weighted by molar-refractivity contribution is 0.0977. The molecule has 0 atom stereocenters. The molecule has 0 aliphatic carbocycles. The maximum Gasteiger partial charge on any atom is 0.257 e. The van der Waals surface area contributed by atoms with Crippen LogP contribution >= 0.6 is 12.2 Å². The Labute approximate surface area is 171 Å². The van der Waals surface area contributed by atoms with Gasteiger partial charge in [0.1, 0.15) is 5.75 Å². The van der Waals surface area contributed by atoms with Gasteiger partial charge in [0.05, 0.1) is 18.0 Å². The van der Waals surface area contributed by atoms with E-state index in [9.17, 15) is 4.79 Å². The number of anilines is 2. The average Bonchev–Trinajstić information content (AvgIpc) is 2.70. The first-order chi connectivity index (χ1) is 13.6. The van der Waals surface area contributed by atoms with Crippen molar-refractivity contribution in [2.24, 2.45) is 0 Å². The fourth-order valence-electron chi connectivity index (χ4n) is 3.10. The van der Waals surface area contributed by atoms with E-state index in [1.165, 1.54) is 0 Å². The van der Waals surface area contributed by atoms with Crippen molar-refractivity contribution in [3.8, 4) is 5.75 Å². The minimum atomic E-state index is -0.252. The van der Waals surface area contributed by atoms with Crippen LogP contribution in [0.2, 0.25) is 0 Å². The van der Waals surface area contributed by atoms with Gasteiger partial charge in [0, 0.05) is 31.7 Å². The molecular formula is C21H26N4O2S. The number of ether oxygens (including phenoxy) is 1. The number of amides is 1. The molecule has 1 saturated heterocycles. The molecule has 0 radical (unpaired) electrons. The molecule has 7 heteroatoms. The van der Waals surface area contributed by atoms with Crippen LogP contribution in [0.3, 0.4) is 0 Å². The molecule has 2 aromatic carbocycles. The van der Waals surface area contributed by atoms with Crippen LogP contribution in [-0.4, -0.2) is 55.8 Å². The van der Waals surface area contributed by atoms with Crippen molar-refractivity contribution < 1.29 is 9.53 Å². The van der Waals surface area contributed by atoms with Crippen molar-refractivity contribution in [1.82, 2.24) is 10.2 Å². The summed E-state index contributed by atoms with van der Waals surface area (Å²) in [5.41, 5.74) is 2.51. The minimum absolute atomic E-state index is 0.252. The Bertz CT molecular complexity index is 817. The molecule has 28 heavy (non-hydrogen) atoms. The number of carbonyl (C=O) groups is 1. The number of carbonyl (C=O) groups excluding carboxylic acids is 1. The molecule has 6 nitrogen and oxygen atoms in total.